The van der Waals surface area contributed by atoms with Crippen LogP contribution in [-0.4, -0.2) is 22.9 Å². The van der Waals surface area contributed by atoms with Crippen molar-refractivity contribution >= 4 is 72.9 Å². The van der Waals surface area contributed by atoms with Crippen LogP contribution in [-0.2, 0) is 13.1 Å². The third-order valence-electron chi connectivity index (χ3n) is 6.77. The predicted molar refractivity (Wildman–Crippen MR) is 158 cm³/mol. The first-order chi connectivity index (χ1) is 18.2. The largest absolute Gasteiger partial charge is 0.349 e. The second-order valence-electron chi connectivity index (χ2n) is 9.27. The van der Waals surface area contributed by atoms with Gasteiger partial charge in [0, 0.05) is 47.5 Å². The Morgan fingerprint density at radius 3 is 2.43 bits per heavy atom. The number of rotatable bonds is 4. The number of nitrogens with zero attached hydrogens (tertiary/aromatic N) is 5. The molecule has 0 fully saturated rings. The highest BCUT2D eigenvalue weighted by Gasteiger charge is 2.29. The number of pyridine rings is 1. The molecule has 3 aromatic carbocycles. The molecule has 2 bridgehead atoms. The van der Waals surface area contributed by atoms with Gasteiger partial charge in [0.15, 0.2) is 0 Å². The Bertz CT molecular complexity index is 1690. The fourth-order valence-electron chi connectivity index (χ4n) is 5.02. The third kappa shape index (κ3) is 4.45. The van der Waals surface area contributed by atoms with E-state index in [1.165, 1.54) is 22.5 Å². The van der Waals surface area contributed by atoms with Crippen molar-refractivity contribution in [1.82, 2.24) is 9.97 Å². The first-order valence-electron chi connectivity index (χ1n) is 12.1. The second kappa shape index (κ2) is 9.25. The Kier molecular flexibility index (Phi) is 5.60. The van der Waals surface area contributed by atoms with E-state index in [1.807, 2.05) is 30.5 Å². The topological polar surface area (TPSA) is 44.6 Å². The highest BCUT2D eigenvalue weighted by atomic mass is 79.9. The summed E-state index contributed by atoms with van der Waals surface area (Å²) in [6.07, 6.45) is 9.67. The minimum absolute atomic E-state index is 0.907. The summed E-state index contributed by atoms with van der Waals surface area (Å²) in [6.45, 7) is 2.77. The number of aliphatic imine (C=N–C) groups is 1. The normalized spacial score (nSPS) is 14.5. The van der Waals surface area contributed by atoms with E-state index in [-0.39, 0.29) is 0 Å². The maximum Gasteiger partial charge on any atom is 0.117 e. The first-order valence-corrected chi connectivity index (χ1v) is 13.7. The van der Waals surface area contributed by atoms with Crippen LogP contribution < -0.4 is 9.80 Å². The maximum absolute atomic E-state index is 4.79. The molecule has 0 amide bonds. The van der Waals surface area contributed by atoms with Gasteiger partial charge in [0.25, 0.3) is 0 Å². The lowest BCUT2D eigenvalue weighted by Gasteiger charge is -2.44. The van der Waals surface area contributed by atoms with Gasteiger partial charge in [-0.2, -0.15) is 0 Å². The molecule has 0 unspecified atom stereocenters. The molecule has 0 spiro atoms. The maximum atomic E-state index is 4.79. The highest BCUT2D eigenvalue weighted by molar-refractivity contribution is 9.10. The van der Waals surface area contributed by atoms with Crippen molar-refractivity contribution < 1.29 is 0 Å². The molecule has 7 rings (SSSR count). The van der Waals surface area contributed by atoms with E-state index in [1.54, 1.807) is 23.7 Å². The summed E-state index contributed by atoms with van der Waals surface area (Å²) in [5.74, 6) is 0. The van der Waals surface area contributed by atoms with Crippen molar-refractivity contribution in [2.75, 3.05) is 16.5 Å². The van der Waals surface area contributed by atoms with Gasteiger partial charge < -0.3 is 9.80 Å². The Morgan fingerprint density at radius 1 is 0.811 bits per heavy atom. The minimum Gasteiger partial charge on any atom is -0.349 e. The molecule has 7 heteroatoms. The fraction of sp³-hybridized carbons (Fsp3) is 0.100. The lowest BCUT2D eigenvalue weighted by atomic mass is 10.0. The molecule has 0 saturated carbocycles. The van der Waals surface area contributed by atoms with Gasteiger partial charge in [0.05, 0.1) is 22.6 Å². The van der Waals surface area contributed by atoms with E-state index in [0.717, 1.165) is 56.3 Å². The summed E-state index contributed by atoms with van der Waals surface area (Å²) in [6, 6.07) is 23.4. The average Bonchev–Trinajstić information content (AvgIpc) is 3.33. The minimum atomic E-state index is 0.907. The Labute approximate surface area is 227 Å². The van der Waals surface area contributed by atoms with Crippen LogP contribution in [0.25, 0.3) is 22.4 Å². The van der Waals surface area contributed by atoms with Gasteiger partial charge in [0.2, 0.25) is 0 Å². The van der Waals surface area contributed by atoms with Gasteiger partial charge in [-0.3, -0.25) is 9.98 Å². The van der Waals surface area contributed by atoms with Crippen LogP contribution in [0, 0.1) is 0 Å². The van der Waals surface area contributed by atoms with Crippen molar-refractivity contribution in [1.29, 1.82) is 0 Å². The molecule has 180 valence electrons. The molecular weight excluding hydrogens is 542 g/mol. The molecule has 5 nitrogen and oxygen atoms in total. The average molecular weight is 565 g/mol. The van der Waals surface area contributed by atoms with E-state index in [0.29, 0.717) is 0 Å². The lowest BCUT2D eigenvalue weighted by Crippen LogP contribution is -2.46. The van der Waals surface area contributed by atoms with Gasteiger partial charge in [-0.05, 0) is 89.0 Å². The van der Waals surface area contributed by atoms with Crippen LogP contribution in [0.3, 0.4) is 0 Å². The van der Waals surface area contributed by atoms with Crippen molar-refractivity contribution in [3.05, 3.63) is 111 Å². The number of hydrogen-bond acceptors (Lipinski definition) is 6. The van der Waals surface area contributed by atoms with Crippen LogP contribution in [0.15, 0.2) is 88.6 Å². The molecule has 0 atom stereocenters. The number of fused-ring (bicyclic) bond motifs is 7. The molecule has 37 heavy (non-hydrogen) atoms. The number of aromatic nitrogens is 2. The smallest absolute Gasteiger partial charge is 0.117 e. The Hall–Kier alpha value is -3.81. The summed E-state index contributed by atoms with van der Waals surface area (Å²) < 4.78 is 2.27. The van der Waals surface area contributed by atoms with E-state index in [4.69, 9.17) is 9.98 Å². The standard InChI is InChI=1S/C30H22BrN5S/c31-24-3-7-28-23(14-24)18-36-19-35(28)17-22-13-21(1-6-27(22)36)16-33-25-4-5-26-29(15-25)37-30(34-26)8-2-20-9-11-32-12-10-20/h1-16H,17-19H2/b8-2+,33-16+. The summed E-state index contributed by atoms with van der Waals surface area (Å²) in [5.41, 5.74) is 9.51. The van der Waals surface area contributed by atoms with Crippen molar-refractivity contribution in [2.45, 2.75) is 13.1 Å². The first kappa shape index (κ1) is 22.4. The third-order valence-corrected chi connectivity index (χ3v) is 8.24. The zero-order valence-corrected chi connectivity index (χ0v) is 22.3. The molecular formula is C30H22BrN5S. The van der Waals surface area contributed by atoms with E-state index < -0.39 is 0 Å². The van der Waals surface area contributed by atoms with Gasteiger partial charge in [0.1, 0.15) is 5.01 Å². The van der Waals surface area contributed by atoms with E-state index in [9.17, 15) is 0 Å². The molecule has 2 aliphatic heterocycles. The van der Waals surface area contributed by atoms with Crippen LogP contribution in [0.2, 0.25) is 0 Å². The lowest BCUT2D eigenvalue weighted by molar-refractivity contribution is 0.650. The van der Waals surface area contributed by atoms with Crippen molar-refractivity contribution in [3.63, 3.8) is 0 Å². The zero-order valence-electron chi connectivity index (χ0n) is 19.9. The van der Waals surface area contributed by atoms with E-state index in [2.05, 4.69) is 85.3 Å². The summed E-state index contributed by atoms with van der Waals surface area (Å²) >= 11 is 5.29. The number of benzene rings is 3. The van der Waals surface area contributed by atoms with Gasteiger partial charge in [-0.15, -0.1) is 11.3 Å². The molecule has 0 aliphatic carbocycles. The van der Waals surface area contributed by atoms with Crippen LogP contribution in [0.4, 0.5) is 17.1 Å². The van der Waals surface area contributed by atoms with Crippen LogP contribution >= 0.6 is 27.3 Å². The van der Waals surface area contributed by atoms with Crippen molar-refractivity contribution in [2.24, 2.45) is 4.99 Å². The monoisotopic (exact) mass is 563 g/mol. The highest BCUT2D eigenvalue weighted by Crippen LogP contribution is 2.39. The summed E-state index contributed by atoms with van der Waals surface area (Å²) in [7, 11) is 0. The number of hydrogen-bond donors (Lipinski definition) is 0. The quantitative estimate of drug-likeness (QED) is 0.210. The van der Waals surface area contributed by atoms with Crippen molar-refractivity contribution in [3.8, 4) is 0 Å². The van der Waals surface area contributed by atoms with Crippen LogP contribution in [0.1, 0.15) is 27.3 Å². The molecule has 0 saturated heterocycles. The number of halogens is 1. The molecule has 0 N–H and O–H groups in total. The second-order valence-corrected chi connectivity index (χ2v) is 11.3. The van der Waals surface area contributed by atoms with E-state index >= 15 is 0 Å². The SMILES string of the molecule is Brc1ccc2c(c1)CN1CN2Cc2cc(/C=N/c3ccc4nc(/C=C/c5ccncc5)sc4c3)ccc21. The fourth-order valence-corrected chi connectivity index (χ4v) is 6.34. The molecule has 2 aromatic heterocycles. The molecule has 5 aromatic rings. The molecule has 0 radical (unpaired) electrons. The molecule has 2 aliphatic rings. The van der Waals surface area contributed by atoms with Crippen LogP contribution in [0.5, 0.6) is 0 Å². The molecule has 4 heterocycles. The van der Waals surface area contributed by atoms with Gasteiger partial charge >= 0.3 is 0 Å². The Morgan fingerprint density at radius 2 is 1.59 bits per heavy atom. The summed E-state index contributed by atoms with van der Waals surface area (Å²) in [5, 5.41) is 0.979. The number of anilines is 2. The van der Waals surface area contributed by atoms with Gasteiger partial charge in [-0.25, -0.2) is 4.98 Å². The Balaban J connectivity index is 1.11. The van der Waals surface area contributed by atoms with Gasteiger partial charge in [-0.1, -0.05) is 28.1 Å². The number of thiazole rings is 1. The predicted octanol–water partition coefficient (Wildman–Crippen LogP) is 7.67. The summed E-state index contributed by atoms with van der Waals surface area (Å²) in [4.78, 5) is 18.5. The zero-order chi connectivity index (χ0) is 24.8.